The van der Waals surface area contributed by atoms with Crippen molar-refractivity contribution < 1.29 is 4.52 Å². The van der Waals surface area contributed by atoms with Gasteiger partial charge in [0.1, 0.15) is 11.6 Å². The fourth-order valence-electron chi connectivity index (χ4n) is 3.76. The van der Waals surface area contributed by atoms with E-state index in [1.54, 1.807) is 0 Å². The van der Waals surface area contributed by atoms with Crippen LogP contribution in [0.1, 0.15) is 63.0 Å². The molecular formula is C19H27N7O. The minimum absolute atomic E-state index is 0.442. The summed E-state index contributed by atoms with van der Waals surface area (Å²) >= 11 is 0. The van der Waals surface area contributed by atoms with Gasteiger partial charge in [0.15, 0.2) is 11.5 Å². The van der Waals surface area contributed by atoms with E-state index in [1.165, 1.54) is 12.8 Å². The third-order valence-electron chi connectivity index (χ3n) is 5.14. The Morgan fingerprint density at radius 1 is 1.22 bits per heavy atom. The number of hydrogen-bond acceptors (Lipinski definition) is 7. The fraction of sp³-hybridized carbons (Fsp3) is 0.632. The molecule has 0 N–H and O–H groups in total. The Hall–Kier alpha value is -2.51. The summed E-state index contributed by atoms with van der Waals surface area (Å²) in [6, 6.07) is 0. The molecule has 1 aliphatic carbocycles. The first kappa shape index (κ1) is 17.9. The Labute approximate surface area is 159 Å². The lowest BCUT2D eigenvalue weighted by Crippen LogP contribution is -2.20. The van der Waals surface area contributed by atoms with Crippen molar-refractivity contribution in [3.63, 3.8) is 0 Å². The van der Waals surface area contributed by atoms with Gasteiger partial charge >= 0.3 is 0 Å². The lowest BCUT2D eigenvalue weighted by atomic mass is 10.1. The predicted molar refractivity (Wildman–Crippen MR) is 102 cm³/mol. The molecule has 3 heterocycles. The summed E-state index contributed by atoms with van der Waals surface area (Å²) in [7, 11) is 3.92. The van der Waals surface area contributed by atoms with E-state index in [1.807, 2.05) is 25.0 Å². The van der Waals surface area contributed by atoms with Crippen LogP contribution in [0.3, 0.4) is 0 Å². The molecule has 3 aromatic rings. The second-order valence-corrected chi connectivity index (χ2v) is 7.95. The van der Waals surface area contributed by atoms with Crippen LogP contribution in [0, 0.1) is 5.92 Å². The second-order valence-electron chi connectivity index (χ2n) is 7.95. The second kappa shape index (κ2) is 7.25. The van der Waals surface area contributed by atoms with Gasteiger partial charge in [0, 0.05) is 26.4 Å². The number of aryl methyl sites for hydroxylation is 1. The molecule has 0 saturated heterocycles. The van der Waals surface area contributed by atoms with Gasteiger partial charge in [-0.05, 0) is 18.8 Å². The number of fused-ring (bicyclic) bond motifs is 1. The topological polar surface area (TPSA) is 85.8 Å². The minimum atomic E-state index is 0.442. The van der Waals surface area contributed by atoms with Gasteiger partial charge in [0.2, 0.25) is 5.89 Å². The van der Waals surface area contributed by atoms with Crippen molar-refractivity contribution >= 4 is 16.9 Å². The Morgan fingerprint density at radius 3 is 2.74 bits per heavy atom. The Morgan fingerprint density at radius 2 is 2.00 bits per heavy atom. The largest absolute Gasteiger partial charge is 0.350 e. The number of nitrogens with zero attached hydrogens (tertiary/aromatic N) is 7. The zero-order valence-electron chi connectivity index (χ0n) is 16.5. The monoisotopic (exact) mass is 369 g/mol. The Balaban J connectivity index is 1.64. The molecule has 1 aliphatic rings. The van der Waals surface area contributed by atoms with Gasteiger partial charge in [-0.1, -0.05) is 31.8 Å². The first-order chi connectivity index (χ1) is 13.0. The van der Waals surface area contributed by atoms with Crippen molar-refractivity contribution in [2.24, 2.45) is 13.0 Å². The molecule has 0 aliphatic heterocycles. The third kappa shape index (κ3) is 3.65. The van der Waals surface area contributed by atoms with Crippen LogP contribution in [0.4, 0.5) is 5.82 Å². The van der Waals surface area contributed by atoms with Crippen molar-refractivity contribution in [1.82, 2.24) is 29.9 Å². The van der Waals surface area contributed by atoms with Crippen LogP contribution in [0.5, 0.6) is 0 Å². The molecule has 8 nitrogen and oxygen atoms in total. The van der Waals surface area contributed by atoms with Crippen LogP contribution in [0.25, 0.3) is 11.0 Å². The van der Waals surface area contributed by atoms with Crippen LogP contribution >= 0.6 is 0 Å². The van der Waals surface area contributed by atoms with Crippen molar-refractivity contribution in [3.05, 3.63) is 23.7 Å². The first-order valence-electron chi connectivity index (χ1n) is 9.73. The molecule has 4 rings (SSSR count). The Bertz CT molecular complexity index is 923. The summed E-state index contributed by atoms with van der Waals surface area (Å²) < 4.78 is 7.26. The summed E-state index contributed by atoms with van der Waals surface area (Å²) in [5.41, 5.74) is 0.875. The molecule has 144 valence electrons. The summed E-state index contributed by atoms with van der Waals surface area (Å²) in [5, 5.41) is 9.42. The lowest BCUT2D eigenvalue weighted by Gasteiger charge is -2.19. The number of hydrogen-bond donors (Lipinski definition) is 0. The SMILES string of the molecule is CC(C)Cc1noc(CN(C)c2nc(C3CCCC3)nc3c2cnn3C)n1. The average Bonchev–Trinajstić information content (AvgIpc) is 3.36. The van der Waals surface area contributed by atoms with E-state index in [-0.39, 0.29) is 0 Å². The van der Waals surface area contributed by atoms with Crippen molar-refractivity contribution in [1.29, 1.82) is 0 Å². The molecule has 27 heavy (non-hydrogen) atoms. The standard InChI is InChI=1S/C19H27N7O/c1-12(2)9-15-21-16(27-24-15)11-25(3)18-14-10-20-26(4)19(14)23-17(22-18)13-7-5-6-8-13/h10,12-13H,5-9,11H2,1-4H3. The summed E-state index contributed by atoms with van der Waals surface area (Å²) in [4.78, 5) is 16.3. The van der Waals surface area contributed by atoms with Gasteiger partial charge in [-0.25, -0.2) is 9.97 Å². The Kier molecular flexibility index (Phi) is 4.80. The molecule has 0 atom stereocenters. The van der Waals surface area contributed by atoms with Gasteiger partial charge in [-0.15, -0.1) is 0 Å². The zero-order chi connectivity index (χ0) is 19.0. The van der Waals surface area contributed by atoms with Crippen LogP contribution in [-0.2, 0) is 20.0 Å². The minimum Gasteiger partial charge on any atom is -0.350 e. The van der Waals surface area contributed by atoms with E-state index < -0.39 is 0 Å². The average molecular weight is 369 g/mol. The summed E-state index contributed by atoms with van der Waals surface area (Å²) in [6.45, 7) is 4.80. The smallest absolute Gasteiger partial charge is 0.246 e. The molecule has 1 saturated carbocycles. The predicted octanol–water partition coefficient (Wildman–Crippen LogP) is 3.24. The number of aromatic nitrogens is 6. The molecule has 0 aromatic carbocycles. The van der Waals surface area contributed by atoms with E-state index in [2.05, 4.69) is 34.0 Å². The number of rotatable bonds is 6. The fourth-order valence-corrected chi connectivity index (χ4v) is 3.76. The molecule has 0 bridgehead atoms. The summed E-state index contributed by atoms with van der Waals surface area (Å²) in [5.74, 6) is 4.10. The van der Waals surface area contributed by atoms with Gasteiger partial charge in [-0.3, -0.25) is 4.68 Å². The maximum atomic E-state index is 5.44. The third-order valence-corrected chi connectivity index (χ3v) is 5.14. The highest BCUT2D eigenvalue weighted by Gasteiger charge is 2.24. The van der Waals surface area contributed by atoms with Crippen molar-refractivity contribution in [3.8, 4) is 0 Å². The molecule has 0 radical (unpaired) electrons. The van der Waals surface area contributed by atoms with Crippen LogP contribution < -0.4 is 4.90 Å². The van der Waals surface area contributed by atoms with E-state index >= 15 is 0 Å². The first-order valence-corrected chi connectivity index (χ1v) is 9.73. The quantitative estimate of drug-likeness (QED) is 0.659. The van der Waals surface area contributed by atoms with E-state index in [0.717, 1.165) is 47.8 Å². The highest BCUT2D eigenvalue weighted by atomic mass is 16.5. The molecule has 8 heteroatoms. The van der Waals surface area contributed by atoms with Crippen LogP contribution in [0.15, 0.2) is 10.7 Å². The lowest BCUT2D eigenvalue weighted by molar-refractivity contribution is 0.370. The van der Waals surface area contributed by atoms with Crippen LogP contribution in [-0.4, -0.2) is 36.9 Å². The molecule has 0 amide bonds. The van der Waals surface area contributed by atoms with Crippen molar-refractivity contribution in [2.45, 2.75) is 58.4 Å². The van der Waals surface area contributed by atoms with Gasteiger partial charge in [0.05, 0.1) is 18.1 Å². The van der Waals surface area contributed by atoms with E-state index in [0.29, 0.717) is 24.3 Å². The number of anilines is 1. The maximum absolute atomic E-state index is 5.44. The molecule has 3 aromatic heterocycles. The molecular weight excluding hydrogens is 342 g/mol. The highest BCUT2D eigenvalue weighted by Crippen LogP contribution is 2.34. The zero-order valence-corrected chi connectivity index (χ0v) is 16.5. The van der Waals surface area contributed by atoms with Crippen molar-refractivity contribution in [2.75, 3.05) is 11.9 Å². The molecule has 0 spiro atoms. The highest BCUT2D eigenvalue weighted by molar-refractivity contribution is 5.86. The van der Waals surface area contributed by atoms with Gasteiger partial charge < -0.3 is 9.42 Å². The normalized spacial score (nSPS) is 15.3. The van der Waals surface area contributed by atoms with Gasteiger partial charge in [-0.2, -0.15) is 10.1 Å². The van der Waals surface area contributed by atoms with Crippen LogP contribution in [0.2, 0.25) is 0 Å². The van der Waals surface area contributed by atoms with Gasteiger partial charge in [0.25, 0.3) is 0 Å². The maximum Gasteiger partial charge on any atom is 0.246 e. The van der Waals surface area contributed by atoms with E-state index in [4.69, 9.17) is 14.5 Å². The van der Waals surface area contributed by atoms with E-state index in [9.17, 15) is 0 Å². The molecule has 0 unspecified atom stereocenters. The molecule has 1 fully saturated rings. The summed E-state index contributed by atoms with van der Waals surface area (Å²) in [6.07, 6.45) is 7.48.